The summed E-state index contributed by atoms with van der Waals surface area (Å²) in [4.78, 5) is 12.0. The first kappa shape index (κ1) is 12.5. The molecular weight excluding hydrogens is 240 g/mol. The van der Waals surface area contributed by atoms with Crippen molar-refractivity contribution in [3.8, 4) is 0 Å². The molecule has 1 amide bonds. The fourth-order valence-corrected chi connectivity index (χ4v) is 2.69. The number of aryl methyl sites for hydroxylation is 1. The number of carbonyl (C=O) groups excluding carboxylic acids is 1. The topological polar surface area (TPSA) is 54.3 Å². The lowest BCUT2D eigenvalue weighted by Crippen LogP contribution is -2.39. The maximum atomic E-state index is 12.0. The van der Waals surface area contributed by atoms with Gasteiger partial charge in [-0.25, -0.2) is 0 Å². The minimum Gasteiger partial charge on any atom is -0.396 e. The smallest absolute Gasteiger partial charge is 0.268 e. The van der Waals surface area contributed by atoms with E-state index >= 15 is 0 Å². The zero-order valence-electron chi connectivity index (χ0n) is 9.82. The predicted molar refractivity (Wildman–Crippen MR) is 66.1 cm³/mol. The molecule has 17 heavy (non-hydrogen) atoms. The summed E-state index contributed by atoms with van der Waals surface area (Å²) in [6, 6.07) is 1.74. The molecule has 5 heteroatoms. The highest BCUT2D eigenvalue weighted by Gasteiger charge is 2.28. The molecule has 0 spiro atoms. The molecule has 0 radical (unpaired) electrons. The number of aliphatic hydroxyl groups is 1. The predicted octanol–water partition coefficient (Wildman–Crippen LogP) is 1.57. The summed E-state index contributed by atoms with van der Waals surface area (Å²) in [5, 5.41) is 12.7. The summed E-state index contributed by atoms with van der Waals surface area (Å²) < 4.78 is 1.71. The van der Waals surface area contributed by atoms with Crippen LogP contribution in [0.5, 0.6) is 0 Å². The average molecular weight is 257 g/mol. The van der Waals surface area contributed by atoms with Gasteiger partial charge in [0.2, 0.25) is 0 Å². The van der Waals surface area contributed by atoms with Gasteiger partial charge < -0.3 is 15.0 Å². The van der Waals surface area contributed by atoms with Crippen molar-refractivity contribution in [2.45, 2.75) is 25.3 Å². The second kappa shape index (κ2) is 5.10. The lowest BCUT2D eigenvalue weighted by molar-refractivity contribution is 0.0908. The third-order valence-electron chi connectivity index (χ3n) is 3.41. The summed E-state index contributed by atoms with van der Waals surface area (Å²) in [6.07, 6.45) is 4.68. The van der Waals surface area contributed by atoms with Gasteiger partial charge in [0, 0.05) is 31.8 Å². The van der Waals surface area contributed by atoms with E-state index in [0.717, 1.165) is 19.3 Å². The van der Waals surface area contributed by atoms with Crippen molar-refractivity contribution in [2.24, 2.45) is 13.0 Å². The van der Waals surface area contributed by atoms with E-state index in [9.17, 15) is 9.90 Å². The molecule has 1 aliphatic rings. The number of halogens is 1. The molecule has 0 bridgehead atoms. The summed E-state index contributed by atoms with van der Waals surface area (Å²) >= 11 is 5.84. The first-order valence-corrected chi connectivity index (χ1v) is 6.23. The van der Waals surface area contributed by atoms with E-state index in [4.69, 9.17) is 11.6 Å². The second-order valence-electron chi connectivity index (χ2n) is 4.61. The Morgan fingerprint density at radius 2 is 2.41 bits per heavy atom. The van der Waals surface area contributed by atoms with Gasteiger partial charge in [-0.2, -0.15) is 0 Å². The summed E-state index contributed by atoms with van der Waals surface area (Å²) in [6.45, 7) is 0.138. The second-order valence-corrected chi connectivity index (χ2v) is 5.04. The van der Waals surface area contributed by atoms with E-state index < -0.39 is 0 Å². The highest BCUT2D eigenvalue weighted by Crippen LogP contribution is 2.25. The van der Waals surface area contributed by atoms with E-state index in [-0.39, 0.29) is 24.5 Å². The van der Waals surface area contributed by atoms with Crippen LogP contribution in [0.3, 0.4) is 0 Å². The standard InChI is InChI=1S/C12H17ClN2O2/c1-15-6-9(13)5-11(15)12(17)14-10-4-2-3-8(10)7-16/h5-6,8,10,16H,2-4,7H2,1H3,(H,14,17). The van der Waals surface area contributed by atoms with Gasteiger partial charge in [0.15, 0.2) is 0 Å². The first-order valence-electron chi connectivity index (χ1n) is 5.85. The van der Waals surface area contributed by atoms with Crippen LogP contribution < -0.4 is 5.32 Å². The minimum absolute atomic E-state index is 0.0844. The van der Waals surface area contributed by atoms with Crippen LogP contribution in [0.1, 0.15) is 29.8 Å². The van der Waals surface area contributed by atoms with Crippen molar-refractivity contribution in [3.05, 3.63) is 23.0 Å². The Hall–Kier alpha value is -1.00. The number of nitrogens with one attached hydrogen (secondary N) is 1. The molecule has 1 heterocycles. The molecule has 1 aromatic heterocycles. The van der Waals surface area contributed by atoms with Gasteiger partial charge in [-0.1, -0.05) is 18.0 Å². The molecule has 2 unspecified atom stereocenters. The molecule has 2 rings (SSSR count). The highest BCUT2D eigenvalue weighted by molar-refractivity contribution is 6.31. The van der Waals surface area contributed by atoms with Crippen LogP contribution in [0.25, 0.3) is 0 Å². The number of rotatable bonds is 3. The van der Waals surface area contributed by atoms with Gasteiger partial charge in [0.05, 0.1) is 5.02 Å². The van der Waals surface area contributed by atoms with E-state index in [1.165, 1.54) is 0 Å². The number of amides is 1. The maximum absolute atomic E-state index is 12.0. The van der Waals surface area contributed by atoms with E-state index in [0.29, 0.717) is 10.7 Å². The molecule has 1 saturated carbocycles. The van der Waals surface area contributed by atoms with E-state index in [1.807, 2.05) is 0 Å². The van der Waals surface area contributed by atoms with Crippen molar-refractivity contribution in [1.29, 1.82) is 0 Å². The zero-order chi connectivity index (χ0) is 12.4. The number of aliphatic hydroxyl groups excluding tert-OH is 1. The first-order chi connectivity index (χ1) is 8.11. The Labute approximate surface area is 106 Å². The van der Waals surface area contributed by atoms with Crippen molar-refractivity contribution >= 4 is 17.5 Å². The van der Waals surface area contributed by atoms with Crippen molar-refractivity contribution in [2.75, 3.05) is 6.61 Å². The molecular formula is C12H17ClN2O2. The molecule has 94 valence electrons. The number of hydrogen-bond donors (Lipinski definition) is 2. The Balaban J connectivity index is 2.04. The molecule has 1 aliphatic carbocycles. The van der Waals surface area contributed by atoms with Crippen LogP contribution in [-0.2, 0) is 7.05 Å². The Bertz CT molecular complexity index is 417. The van der Waals surface area contributed by atoms with Gasteiger partial charge in [-0.05, 0) is 18.9 Å². The van der Waals surface area contributed by atoms with Gasteiger partial charge >= 0.3 is 0 Å². The van der Waals surface area contributed by atoms with Crippen molar-refractivity contribution < 1.29 is 9.90 Å². The molecule has 1 fully saturated rings. The minimum atomic E-state index is -0.121. The molecule has 0 aromatic carbocycles. The SMILES string of the molecule is Cn1cc(Cl)cc1C(=O)NC1CCCC1CO. The lowest BCUT2D eigenvalue weighted by atomic mass is 10.1. The Morgan fingerprint density at radius 3 is 3.00 bits per heavy atom. The molecule has 4 nitrogen and oxygen atoms in total. The third kappa shape index (κ3) is 2.64. The molecule has 2 atom stereocenters. The number of carbonyl (C=O) groups is 1. The third-order valence-corrected chi connectivity index (χ3v) is 3.62. The normalized spacial score (nSPS) is 23.9. The fourth-order valence-electron chi connectivity index (χ4n) is 2.44. The fraction of sp³-hybridized carbons (Fsp3) is 0.583. The summed E-state index contributed by atoms with van der Waals surface area (Å²) in [5.74, 6) is 0.0689. The number of aromatic nitrogens is 1. The van der Waals surface area contributed by atoms with E-state index in [1.54, 1.807) is 23.9 Å². The van der Waals surface area contributed by atoms with Crippen LogP contribution in [0.4, 0.5) is 0 Å². The molecule has 0 saturated heterocycles. The Kier molecular flexibility index (Phi) is 3.74. The number of nitrogens with zero attached hydrogens (tertiary/aromatic N) is 1. The zero-order valence-corrected chi connectivity index (χ0v) is 10.6. The highest BCUT2D eigenvalue weighted by atomic mass is 35.5. The number of hydrogen-bond acceptors (Lipinski definition) is 2. The van der Waals surface area contributed by atoms with Crippen LogP contribution in [0, 0.1) is 5.92 Å². The average Bonchev–Trinajstić information content (AvgIpc) is 2.84. The monoisotopic (exact) mass is 256 g/mol. The lowest BCUT2D eigenvalue weighted by Gasteiger charge is -2.19. The van der Waals surface area contributed by atoms with Crippen molar-refractivity contribution in [1.82, 2.24) is 9.88 Å². The quantitative estimate of drug-likeness (QED) is 0.863. The summed E-state index contributed by atoms with van der Waals surface area (Å²) in [5.41, 5.74) is 0.554. The maximum Gasteiger partial charge on any atom is 0.268 e. The molecule has 0 aliphatic heterocycles. The van der Waals surface area contributed by atoms with Gasteiger partial charge in [0.25, 0.3) is 5.91 Å². The van der Waals surface area contributed by atoms with Crippen LogP contribution in [-0.4, -0.2) is 28.2 Å². The van der Waals surface area contributed by atoms with Gasteiger partial charge in [0.1, 0.15) is 5.69 Å². The summed E-state index contributed by atoms with van der Waals surface area (Å²) in [7, 11) is 1.79. The van der Waals surface area contributed by atoms with Gasteiger partial charge in [-0.15, -0.1) is 0 Å². The largest absolute Gasteiger partial charge is 0.396 e. The van der Waals surface area contributed by atoms with E-state index in [2.05, 4.69) is 5.32 Å². The van der Waals surface area contributed by atoms with Gasteiger partial charge in [-0.3, -0.25) is 4.79 Å². The molecule has 2 N–H and O–H groups in total. The van der Waals surface area contributed by atoms with Crippen LogP contribution in [0.15, 0.2) is 12.3 Å². The van der Waals surface area contributed by atoms with Crippen LogP contribution in [0.2, 0.25) is 5.02 Å². The van der Waals surface area contributed by atoms with Crippen LogP contribution >= 0.6 is 11.6 Å². The Morgan fingerprint density at radius 1 is 1.65 bits per heavy atom. The van der Waals surface area contributed by atoms with Crippen molar-refractivity contribution in [3.63, 3.8) is 0 Å². The molecule has 1 aromatic rings.